The minimum absolute atomic E-state index is 0.0265. The Morgan fingerprint density at radius 1 is 1.30 bits per heavy atom. The van der Waals surface area contributed by atoms with E-state index in [9.17, 15) is 9.59 Å². The fraction of sp³-hybridized carbons (Fsp3) is 0.381. The SMILES string of the molecule is CC[C@@H](C)n1c(SCC(=O)Nc2ccc3c(c2)OCCO3)nc2cc(C)[nH]c2c1=O. The molecule has 0 saturated heterocycles. The maximum absolute atomic E-state index is 13.0. The molecular formula is C21H24N4O4S. The average Bonchev–Trinajstić information content (AvgIpc) is 3.12. The second-order valence-corrected chi connectivity index (χ2v) is 8.18. The monoisotopic (exact) mass is 428 g/mol. The van der Waals surface area contributed by atoms with Crippen LogP contribution in [0.3, 0.4) is 0 Å². The fourth-order valence-corrected chi connectivity index (χ4v) is 4.21. The lowest BCUT2D eigenvalue weighted by Crippen LogP contribution is -2.26. The first-order chi connectivity index (χ1) is 14.5. The molecule has 2 N–H and O–H groups in total. The zero-order chi connectivity index (χ0) is 21.3. The molecule has 158 valence electrons. The first-order valence-electron chi connectivity index (χ1n) is 9.90. The van der Waals surface area contributed by atoms with Crippen LogP contribution >= 0.6 is 11.8 Å². The number of H-pyrrole nitrogens is 1. The molecule has 0 unspecified atom stereocenters. The maximum Gasteiger partial charge on any atom is 0.278 e. The average molecular weight is 429 g/mol. The molecule has 2 aromatic heterocycles. The standard InChI is InChI=1S/C21H24N4O4S/c1-4-13(3)25-20(27)19-15(9-12(2)22-19)24-21(25)30-11-18(26)23-14-5-6-16-17(10-14)29-8-7-28-16/h5-6,9-10,13,22H,4,7-8,11H2,1-3H3,(H,23,26)/t13-/m1/s1. The van der Waals surface area contributed by atoms with Gasteiger partial charge >= 0.3 is 0 Å². The summed E-state index contributed by atoms with van der Waals surface area (Å²) in [5, 5.41) is 3.40. The summed E-state index contributed by atoms with van der Waals surface area (Å²) in [6, 6.07) is 7.12. The Morgan fingerprint density at radius 2 is 2.07 bits per heavy atom. The molecule has 30 heavy (non-hydrogen) atoms. The summed E-state index contributed by atoms with van der Waals surface area (Å²) in [6.45, 7) is 6.89. The number of fused-ring (bicyclic) bond motifs is 2. The molecule has 0 fully saturated rings. The lowest BCUT2D eigenvalue weighted by molar-refractivity contribution is -0.113. The molecule has 0 aliphatic carbocycles. The van der Waals surface area contributed by atoms with Crippen molar-refractivity contribution in [2.24, 2.45) is 0 Å². The third-order valence-corrected chi connectivity index (χ3v) is 5.93. The van der Waals surface area contributed by atoms with Gasteiger partial charge in [0.05, 0.1) is 11.3 Å². The Hall–Kier alpha value is -2.94. The summed E-state index contributed by atoms with van der Waals surface area (Å²) >= 11 is 1.26. The van der Waals surface area contributed by atoms with Crippen molar-refractivity contribution in [3.63, 3.8) is 0 Å². The van der Waals surface area contributed by atoms with Crippen molar-refractivity contribution in [3.8, 4) is 11.5 Å². The minimum atomic E-state index is -0.188. The molecule has 1 aliphatic heterocycles. The number of hydrogen-bond acceptors (Lipinski definition) is 6. The summed E-state index contributed by atoms with van der Waals surface area (Å²) in [4.78, 5) is 33.2. The highest BCUT2D eigenvalue weighted by molar-refractivity contribution is 7.99. The number of hydrogen-bond donors (Lipinski definition) is 2. The van der Waals surface area contributed by atoms with Crippen molar-refractivity contribution >= 4 is 34.4 Å². The van der Waals surface area contributed by atoms with Gasteiger partial charge in [0.25, 0.3) is 5.56 Å². The Balaban J connectivity index is 1.52. The van der Waals surface area contributed by atoms with Gasteiger partial charge in [-0.15, -0.1) is 0 Å². The number of anilines is 1. The topological polar surface area (TPSA) is 98.2 Å². The van der Waals surface area contributed by atoms with Gasteiger partial charge in [0.2, 0.25) is 5.91 Å². The predicted molar refractivity (Wildman–Crippen MR) is 117 cm³/mol. The number of ether oxygens (including phenoxy) is 2. The first kappa shape index (κ1) is 20.3. The van der Waals surface area contributed by atoms with Gasteiger partial charge in [-0.2, -0.15) is 0 Å². The highest BCUT2D eigenvalue weighted by Crippen LogP contribution is 2.32. The molecule has 8 nitrogen and oxygen atoms in total. The van der Waals surface area contributed by atoms with E-state index in [4.69, 9.17) is 9.47 Å². The smallest absolute Gasteiger partial charge is 0.278 e. The Kier molecular flexibility index (Phi) is 5.72. The van der Waals surface area contributed by atoms with Crippen LogP contribution in [0.25, 0.3) is 11.0 Å². The molecular weight excluding hydrogens is 404 g/mol. The predicted octanol–water partition coefficient (Wildman–Crippen LogP) is 3.51. The van der Waals surface area contributed by atoms with Crippen LogP contribution in [0.5, 0.6) is 11.5 Å². The van der Waals surface area contributed by atoms with Crippen LogP contribution in [0.4, 0.5) is 5.69 Å². The van der Waals surface area contributed by atoms with E-state index in [1.54, 1.807) is 22.8 Å². The van der Waals surface area contributed by atoms with Crippen LogP contribution in [-0.4, -0.2) is 39.4 Å². The van der Waals surface area contributed by atoms with Gasteiger partial charge in [-0.1, -0.05) is 18.7 Å². The summed E-state index contributed by atoms with van der Waals surface area (Å²) < 4.78 is 12.7. The summed E-state index contributed by atoms with van der Waals surface area (Å²) in [5.74, 6) is 1.23. The Morgan fingerprint density at radius 3 is 2.83 bits per heavy atom. The van der Waals surface area contributed by atoms with Crippen molar-refractivity contribution in [1.82, 2.24) is 14.5 Å². The van der Waals surface area contributed by atoms with Gasteiger partial charge < -0.3 is 19.8 Å². The van der Waals surface area contributed by atoms with Gasteiger partial charge in [-0.25, -0.2) is 4.98 Å². The third-order valence-electron chi connectivity index (χ3n) is 4.98. The zero-order valence-electron chi connectivity index (χ0n) is 17.2. The minimum Gasteiger partial charge on any atom is -0.486 e. The number of aromatic nitrogens is 3. The van der Waals surface area contributed by atoms with Crippen LogP contribution in [-0.2, 0) is 4.79 Å². The molecule has 4 rings (SSSR count). The Labute approximate surface area is 178 Å². The molecule has 3 heterocycles. The van der Waals surface area contributed by atoms with Gasteiger partial charge in [-0.05, 0) is 38.5 Å². The van der Waals surface area contributed by atoms with Crippen molar-refractivity contribution < 1.29 is 14.3 Å². The number of thioether (sulfide) groups is 1. The molecule has 0 saturated carbocycles. The number of amides is 1. The largest absolute Gasteiger partial charge is 0.486 e. The lowest BCUT2D eigenvalue weighted by atomic mass is 10.2. The molecule has 3 aromatic rings. The number of benzene rings is 1. The van der Waals surface area contributed by atoms with E-state index < -0.39 is 0 Å². The molecule has 1 atom stereocenters. The van der Waals surface area contributed by atoms with E-state index in [0.29, 0.717) is 46.6 Å². The van der Waals surface area contributed by atoms with Crippen LogP contribution in [0.1, 0.15) is 32.0 Å². The third kappa shape index (κ3) is 4.02. The quantitative estimate of drug-likeness (QED) is 0.461. The van der Waals surface area contributed by atoms with Crippen molar-refractivity contribution in [2.75, 3.05) is 24.3 Å². The summed E-state index contributed by atoms with van der Waals surface area (Å²) in [7, 11) is 0. The fourth-order valence-electron chi connectivity index (χ4n) is 3.31. The number of carbonyl (C=O) groups excluding carboxylic acids is 1. The molecule has 1 aromatic carbocycles. The van der Waals surface area contributed by atoms with Gasteiger partial charge in [-0.3, -0.25) is 14.2 Å². The van der Waals surface area contributed by atoms with E-state index in [0.717, 1.165) is 12.1 Å². The number of aromatic amines is 1. The zero-order valence-corrected chi connectivity index (χ0v) is 18.0. The normalized spacial score (nSPS) is 14.0. The molecule has 1 amide bonds. The van der Waals surface area contributed by atoms with E-state index in [1.807, 2.05) is 26.8 Å². The van der Waals surface area contributed by atoms with E-state index in [1.165, 1.54) is 11.8 Å². The molecule has 1 aliphatic rings. The van der Waals surface area contributed by atoms with Gasteiger partial charge in [0.1, 0.15) is 18.7 Å². The number of carbonyl (C=O) groups is 1. The number of nitrogens with one attached hydrogen (secondary N) is 2. The molecule has 0 bridgehead atoms. The van der Waals surface area contributed by atoms with Crippen molar-refractivity contribution in [2.45, 2.75) is 38.4 Å². The lowest BCUT2D eigenvalue weighted by Gasteiger charge is -2.19. The second-order valence-electron chi connectivity index (χ2n) is 7.23. The van der Waals surface area contributed by atoms with Crippen molar-refractivity contribution in [1.29, 1.82) is 0 Å². The highest BCUT2D eigenvalue weighted by Gasteiger charge is 2.18. The van der Waals surface area contributed by atoms with Crippen LogP contribution < -0.4 is 20.3 Å². The van der Waals surface area contributed by atoms with Crippen LogP contribution in [0.2, 0.25) is 0 Å². The maximum atomic E-state index is 13.0. The highest BCUT2D eigenvalue weighted by atomic mass is 32.2. The van der Waals surface area contributed by atoms with Crippen LogP contribution in [0, 0.1) is 6.92 Å². The van der Waals surface area contributed by atoms with E-state index in [-0.39, 0.29) is 23.3 Å². The van der Waals surface area contributed by atoms with Gasteiger partial charge in [0.15, 0.2) is 16.7 Å². The first-order valence-corrected chi connectivity index (χ1v) is 10.9. The number of rotatable bonds is 6. The summed E-state index contributed by atoms with van der Waals surface area (Å²) in [6.07, 6.45) is 0.781. The number of nitrogens with zero attached hydrogens (tertiary/aromatic N) is 2. The van der Waals surface area contributed by atoms with Gasteiger partial charge in [0, 0.05) is 23.5 Å². The molecule has 9 heteroatoms. The van der Waals surface area contributed by atoms with E-state index in [2.05, 4.69) is 15.3 Å². The molecule has 0 radical (unpaired) electrons. The summed E-state index contributed by atoms with van der Waals surface area (Å²) in [5.41, 5.74) is 2.51. The van der Waals surface area contributed by atoms with Crippen LogP contribution in [0.15, 0.2) is 34.2 Å². The second kappa shape index (κ2) is 8.43. The van der Waals surface area contributed by atoms with Crippen molar-refractivity contribution in [3.05, 3.63) is 40.3 Å². The number of aryl methyl sites for hydroxylation is 1. The molecule has 0 spiro atoms. The van der Waals surface area contributed by atoms with E-state index >= 15 is 0 Å². The Bertz CT molecular complexity index is 1150.